The largest absolute Gasteiger partial charge is 0.399 e. The van der Waals surface area contributed by atoms with Crippen molar-refractivity contribution >= 4 is 22.7 Å². The number of nitrogens with two attached hydrogens (primary N) is 2. The van der Waals surface area contributed by atoms with Crippen LogP contribution in [0.1, 0.15) is 12.0 Å². The minimum atomic E-state index is -1.31. The second-order valence-electron chi connectivity index (χ2n) is 5.05. The van der Waals surface area contributed by atoms with E-state index in [4.69, 9.17) is 21.7 Å². The Hall–Kier alpha value is -2.44. The fraction of sp³-hybridized carbons (Fsp3) is 0.250. The van der Waals surface area contributed by atoms with E-state index in [1.807, 2.05) is 36.4 Å². The third-order valence-corrected chi connectivity index (χ3v) is 3.28. The molecule has 8 N–H and O–H groups in total. The summed E-state index contributed by atoms with van der Waals surface area (Å²) in [4.78, 5) is 0. The van der Waals surface area contributed by atoms with Gasteiger partial charge in [0.2, 0.25) is 0 Å². The predicted octanol–water partition coefficient (Wildman–Crippen LogP) is 1.58. The van der Waals surface area contributed by atoms with Crippen molar-refractivity contribution in [2.24, 2.45) is 0 Å². The number of aliphatic hydroxyl groups is 2. The van der Waals surface area contributed by atoms with Gasteiger partial charge in [-0.15, -0.1) is 0 Å². The number of benzene rings is 2. The lowest BCUT2D eigenvalue weighted by molar-refractivity contribution is -0.0423. The molecule has 0 aliphatic rings. The van der Waals surface area contributed by atoms with E-state index in [-0.39, 0.29) is 6.42 Å². The van der Waals surface area contributed by atoms with Crippen molar-refractivity contribution in [3.8, 4) is 0 Å². The lowest BCUT2D eigenvalue weighted by Crippen LogP contribution is -2.14. The molecule has 0 heterocycles. The fourth-order valence-electron chi connectivity index (χ4n) is 2.12. The van der Waals surface area contributed by atoms with E-state index in [1.165, 1.54) is 0 Å². The van der Waals surface area contributed by atoms with E-state index >= 15 is 0 Å². The summed E-state index contributed by atoms with van der Waals surface area (Å²) in [5, 5.41) is 24.2. The predicted molar refractivity (Wildman–Crippen MR) is 90.4 cm³/mol. The first-order valence-corrected chi connectivity index (χ1v) is 7.13. The molecule has 0 aliphatic heterocycles. The van der Waals surface area contributed by atoms with Crippen LogP contribution in [0.5, 0.6) is 0 Å². The maximum atomic E-state index is 8.90. The van der Waals surface area contributed by atoms with E-state index in [0.717, 1.165) is 16.9 Å². The molecule has 118 valence electrons. The molecular formula is C16H22N4O2. The van der Waals surface area contributed by atoms with Gasteiger partial charge in [0, 0.05) is 30.9 Å². The van der Waals surface area contributed by atoms with E-state index in [0.29, 0.717) is 24.5 Å². The quantitative estimate of drug-likeness (QED) is 0.341. The Balaban J connectivity index is 2.05. The first kappa shape index (κ1) is 15.9. The Morgan fingerprint density at radius 1 is 0.955 bits per heavy atom. The molecule has 2 aromatic rings. The first-order valence-electron chi connectivity index (χ1n) is 7.13. The average Bonchev–Trinajstić information content (AvgIpc) is 2.48. The molecule has 2 rings (SSSR count). The van der Waals surface area contributed by atoms with Crippen LogP contribution in [0.3, 0.4) is 0 Å². The number of hydrogen-bond acceptors (Lipinski definition) is 6. The van der Waals surface area contributed by atoms with Crippen molar-refractivity contribution in [1.82, 2.24) is 0 Å². The van der Waals surface area contributed by atoms with Gasteiger partial charge < -0.3 is 32.3 Å². The van der Waals surface area contributed by atoms with Gasteiger partial charge in [0.15, 0.2) is 6.29 Å². The Kier molecular flexibility index (Phi) is 5.46. The summed E-state index contributed by atoms with van der Waals surface area (Å²) in [6.45, 7) is 1.02. The van der Waals surface area contributed by atoms with Crippen LogP contribution < -0.4 is 22.1 Å². The molecule has 0 aliphatic carbocycles. The van der Waals surface area contributed by atoms with Crippen LogP contribution in [0.4, 0.5) is 22.7 Å². The van der Waals surface area contributed by atoms with Gasteiger partial charge >= 0.3 is 0 Å². The molecule has 0 atom stereocenters. The van der Waals surface area contributed by atoms with Crippen LogP contribution in [-0.4, -0.2) is 23.0 Å². The highest BCUT2D eigenvalue weighted by Crippen LogP contribution is 2.22. The normalized spacial score (nSPS) is 10.7. The van der Waals surface area contributed by atoms with Crippen LogP contribution in [0.2, 0.25) is 0 Å². The van der Waals surface area contributed by atoms with E-state index in [9.17, 15) is 0 Å². The Morgan fingerprint density at radius 3 is 2.45 bits per heavy atom. The second-order valence-corrected chi connectivity index (χ2v) is 5.05. The molecule has 0 bridgehead atoms. The summed E-state index contributed by atoms with van der Waals surface area (Å²) in [5.41, 5.74) is 15.9. The van der Waals surface area contributed by atoms with Crippen molar-refractivity contribution < 1.29 is 10.2 Å². The van der Waals surface area contributed by atoms with Crippen molar-refractivity contribution in [2.75, 3.05) is 28.6 Å². The Bertz CT molecular complexity index is 617. The molecule has 6 nitrogen and oxygen atoms in total. The third kappa shape index (κ3) is 4.54. The second kappa shape index (κ2) is 7.53. The third-order valence-electron chi connectivity index (χ3n) is 3.28. The topological polar surface area (TPSA) is 117 Å². The average molecular weight is 302 g/mol. The molecule has 0 radical (unpaired) electrons. The van der Waals surface area contributed by atoms with Gasteiger partial charge in [-0.3, -0.25) is 0 Å². The highest BCUT2D eigenvalue weighted by atomic mass is 16.5. The van der Waals surface area contributed by atoms with Crippen LogP contribution in [0, 0.1) is 0 Å². The Labute approximate surface area is 129 Å². The minimum absolute atomic E-state index is 0.253. The van der Waals surface area contributed by atoms with Crippen molar-refractivity contribution in [1.29, 1.82) is 0 Å². The van der Waals surface area contributed by atoms with E-state index < -0.39 is 6.29 Å². The molecule has 6 heteroatoms. The van der Waals surface area contributed by atoms with Gasteiger partial charge in [-0.25, -0.2) is 0 Å². The number of aliphatic hydroxyl groups excluding tert-OH is 1. The first-order chi connectivity index (χ1) is 10.6. The molecule has 0 aromatic heterocycles. The van der Waals surface area contributed by atoms with Gasteiger partial charge in [-0.2, -0.15) is 0 Å². The summed E-state index contributed by atoms with van der Waals surface area (Å²) >= 11 is 0. The summed E-state index contributed by atoms with van der Waals surface area (Å²) in [6.07, 6.45) is -1.06. The SMILES string of the molecule is Nc1ccc(NCCC(O)O)c(CNc2ccccc2N)c1. The molecule has 0 unspecified atom stereocenters. The summed E-state index contributed by atoms with van der Waals surface area (Å²) in [5.74, 6) is 0. The smallest absolute Gasteiger partial charge is 0.153 e. The lowest BCUT2D eigenvalue weighted by atomic mass is 10.1. The molecule has 2 aromatic carbocycles. The van der Waals surface area contributed by atoms with E-state index in [2.05, 4.69) is 10.6 Å². The number of nitrogen functional groups attached to an aromatic ring is 2. The zero-order valence-electron chi connectivity index (χ0n) is 12.3. The van der Waals surface area contributed by atoms with Gasteiger partial charge in [-0.1, -0.05) is 12.1 Å². The molecule has 22 heavy (non-hydrogen) atoms. The minimum Gasteiger partial charge on any atom is -0.399 e. The summed E-state index contributed by atoms with van der Waals surface area (Å²) < 4.78 is 0. The van der Waals surface area contributed by atoms with Crippen LogP contribution in [-0.2, 0) is 6.54 Å². The van der Waals surface area contributed by atoms with Crippen LogP contribution >= 0.6 is 0 Å². The maximum absolute atomic E-state index is 8.90. The highest BCUT2D eigenvalue weighted by Gasteiger charge is 2.05. The van der Waals surface area contributed by atoms with Gasteiger partial charge in [0.05, 0.1) is 11.4 Å². The molecular weight excluding hydrogens is 280 g/mol. The number of anilines is 4. The zero-order valence-corrected chi connectivity index (χ0v) is 12.3. The lowest BCUT2D eigenvalue weighted by Gasteiger charge is -2.15. The van der Waals surface area contributed by atoms with E-state index in [1.54, 1.807) is 6.07 Å². The monoisotopic (exact) mass is 302 g/mol. The van der Waals surface area contributed by atoms with Gasteiger partial charge in [-0.05, 0) is 35.9 Å². The number of para-hydroxylation sites is 2. The van der Waals surface area contributed by atoms with Gasteiger partial charge in [0.25, 0.3) is 0 Å². The number of hydrogen-bond donors (Lipinski definition) is 6. The maximum Gasteiger partial charge on any atom is 0.153 e. The molecule has 0 fully saturated rings. The zero-order chi connectivity index (χ0) is 15.9. The van der Waals surface area contributed by atoms with Crippen molar-refractivity contribution in [3.05, 3.63) is 48.0 Å². The molecule has 0 amide bonds. The fourth-order valence-corrected chi connectivity index (χ4v) is 2.12. The molecule has 0 spiro atoms. The standard InChI is InChI=1S/C16H22N4O2/c17-12-5-6-14(19-8-7-16(21)22)11(9-12)10-20-15-4-2-1-3-13(15)18/h1-6,9,16,19-22H,7-8,10,17-18H2. The highest BCUT2D eigenvalue weighted by molar-refractivity contribution is 5.67. The molecule has 0 saturated heterocycles. The number of rotatable bonds is 7. The number of nitrogens with one attached hydrogen (secondary N) is 2. The summed E-state index contributed by atoms with van der Waals surface area (Å²) in [7, 11) is 0. The molecule has 0 saturated carbocycles. The van der Waals surface area contributed by atoms with Crippen LogP contribution in [0.25, 0.3) is 0 Å². The Morgan fingerprint density at radius 2 is 1.73 bits per heavy atom. The summed E-state index contributed by atoms with van der Waals surface area (Å²) in [6, 6.07) is 13.1. The van der Waals surface area contributed by atoms with Crippen molar-refractivity contribution in [3.63, 3.8) is 0 Å². The van der Waals surface area contributed by atoms with Gasteiger partial charge in [0.1, 0.15) is 0 Å². The van der Waals surface area contributed by atoms with Crippen molar-refractivity contribution in [2.45, 2.75) is 19.3 Å². The van der Waals surface area contributed by atoms with Crippen LogP contribution in [0.15, 0.2) is 42.5 Å².